The van der Waals surface area contributed by atoms with Crippen molar-refractivity contribution in [2.45, 2.75) is 32.1 Å². The molecule has 1 aliphatic carbocycles. The predicted octanol–water partition coefficient (Wildman–Crippen LogP) is 3.36. The van der Waals surface area contributed by atoms with Gasteiger partial charge in [0, 0.05) is 17.4 Å². The number of rotatable bonds is 4. The summed E-state index contributed by atoms with van der Waals surface area (Å²) in [5.41, 5.74) is 6.12. The van der Waals surface area contributed by atoms with E-state index in [0.29, 0.717) is 17.1 Å². The van der Waals surface area contributed by atoms with Crippen LogP contribution >= 0.6 is 11.6 Å². The van der Waals surface area contributed by atoms with Crippen LogP contribution in [0.25, 0.3) is 0 Å². The van der Waals surface area contributed by atoms with Gasteiger partial charge in [0.05, 0.1) is 0 Å². The van der Waals surface area contributed by atoms with Crippen LogP contribution in [-0.4, -0.2) is 12.3 Å². The topological polar surface area (TPSA) is 43.1 Å². The van der Waals surface area contributed by atoms with Crippen molar-refractivity contribution in [3.63, 3.8) is 0 Å². The summed E-state index contributed by atoms with van der Waals surface area (Å²) >= 11 is 5.84. The smallest absolute Gasteiger partial charge is 0.140 e. The van der Waals surface area contributed by atoms with Crippen LogP contribution in [0.15, 0.2) is 18.2 Å². The highest BCUT2D eigenvalue weighted by Gasteiger charge is 2.29. The van der Waals surface area contributed by atoms with E-state index in [9.17, 15) is 9.18 Å². The van der Waals surface area contributed by atoms with Crippen LogP contribution in [0.2, 0.25) is 5.02 Å². The summed E-state index contributed by atoms with van der Waals surface area (Å²) in [6, 6.07) is 4.34. The summed E-state index contributed by atoms with van der Waals surface area (Å²) in [5, 5.41) is 0.461. The Hall–Kier alpha value is -0.930. The maximum atomic E-state index is 13.6. The fraction of sp³-hybridized carbons (Fsp3) is 0.533. The summed E-state index contributed by atoms with van der Waals surface area (Å²) in [4.78, 5) is 12.3. The van der Waals surface area contributed by atoms with E-state index >= 15 is 0 Å². The molecule has 0 amide bonds. The number of hydrogen-bond acceptors (Lipinski definition) is 2. The minimum atomic E-state index is -0.363. The molecule has 19 heavy (non-hydrogen) atoms. The zero-order valence-electron chi connectivity index (χ0n) is 10.9. The van der Waals surface area contributed by atoms with Gasteiger partial charge in [0.1, 0.15) is 11.6 Å². The van der Waals surface area contributed by atoms with Crippen molar-refractivity contribution in [2.24, 2.45) is 17.6 Å². The molecule has 1 aliphatic rings. The first-order chi connectivity index (χ1) is 9.11. The molecule has 1 aromatic carbocycles. The normalized spacial score (nSPS) is 23.3. The van der Waals surface area contributed by atoms with E-state index in [4.69, 9.17) is 17.3 Å². The third kappa shape index (κ3) is 3.54. The van der Waals surface area contributed by atoms with Gasteiger partial charge in [-0.3, -0.25) is 4.79 Å². The number of carbonyl (C=O) groups excluding carboxylic acids is 1. The first kappa shape index (κ1) is 14.5. The van der Waals surface area contributed by atoms with Crippen LogP contribution in [0.5, 0.6) is 0 Å². The van der Waals surface area contributed by atoms with Gasteiger partial charge in [0.2, 0.25) is 0 Å². The number of nitrogens with two attached hydrogens (primary N) is 1. The third-order valence-corrected chi connectivity index (χ3v) is 4.23. The number of ketones is 1. The molecule has 1 fully saturated rings. The van der Waals surface area contributed by atoms with E-state index in [1.54, 1.807) is 0 Å². The summed E-state index contributed by atoms with van der Waals surface area (Å²) in [7, 11) is 0. The fourth-order valence-electron chi connectivity index (χ4n) is 2.91. The average Bonchev–Trinajstić information content (AvgIpc) is 2.42. The van der Waals surface area contributed by atoms with Crippen LogP contribution in [0.1, 0.15) is 31.2 Å². The quantitative estimate of drug-likeness (QED) is 0.921. The molecule has 2 nitrogen and oxygen atoms in total. The lowest BCUT2D eigenvalue weighted by Gasteiger charge is -2.29. The van der Waals surface area contributed by atoms with Crippen LogP contribution in [0.3, 0.4) is 0 Å². The molecule has 0 aliphatic heterocycles. The highest BCUT2D eigenvalue weighted by atomic mass is 35.5. The SMILES string of the molecule is NCC1CCCCC1C(=O)Cc1cc(Cl)ccc1F. The minimum Gasteiger partial charge on any atom is -0.330 e. The lowest BCUT2D eigenvalue weighted by molar-refractivity contribution is -0.124. The predicted molar refractivity (Wildman–Crippen MR) is 74.6 cm³/mol. The second-order valence-electron chi connectivity index (χ2n) is 5.27. The summed E-state index contributed by atoms with van der Waals surface area (Å²) in [6.45, 7) is 0.536. The van der Waals surface area contributed by atoms with Gasteiger partial charge in [-0.15, -0.1) is 0 Å². The number of Topliss-reactive ketones (excluding diaryl/α,β-unsaturated/α-hetero) is 1. The zero-order chi connectivity index (χ0) is 13.8. The van der Waals surface area contributed by atoms with Crippen LogP contribution in [0.4, 0.5) is 4.39 Å². The second-order valence-corrected chi connectivity index (χ2v) is 5.70. The van der Waals surface area contributed by atoms with Crippen LogP contribution in [0, 0.1) is 17.7 Å². The molecule has 0 radical (unpaired) electrons. The van der Waals surface area contributed by atoms with Crippen LogP contribution in [-0.2, 0) is 11.2 Å². The third-order valence-electron chi connectivity index (χ3n) is 4.00. The van der Waals surface area contributed by atoms with E-state index in [1.807, 2.05) is 0 Å². The van der Waals surface area contributed by atoms with Crippen LogP contribution < -0.4 is 5.73 Å². The average molecular weight is 284 g/mol. The molecule has 1 aromatic rings. The highest BCUT2D eigenvalue weighted by molar-refractivity contribution is 6.30. The maximum absolute atomic E-state index is 13.6. The molecule has 0 spiro atoms. The molecular formula is C15H19ClFNO. The van der Waals surface area contributed by atoms with Gasteiger partial charge < -0.3 is 5.73 Å². The van der Waals surface area contributed by atoms with E-state index < -0.39 is 0 Å². The van der Waals surface area contributed by atoms with Gasteiger partial charge >= 0.3 is 0 Å². The fourth-order valence-corrected chi connectivity index (χ4v) is 3.11. The molecule has 0 heterocycles. The van der Waals surface area contributed by atoms with E-state index in [-0.39, 0.29) is 29.9 Å². The van der Waals surface area contributed by atoms with Gasteiger partial charge in [-0.25, -0.2) is 4.39 Å². The Bertz CT molecular complexity index is 463. The second kappa shape index (κ2) is 6.49. The Morgan fingerprint density at radius 3 is 2.84 bits per heavy atom. The monoisotopic (exact) mass is 283 g/mol. The van der Waals surface area contributed by atoms with Crippen molar-refractivity contribution in [3.8, 4) is 0 Å². The highest BCUT2D eigenvalue weighted by Crippen LogP contribution is 2.31. The lowest BCUT2D eigenvalue weighted by Crippen LogP contribution is -2.33. The van der Waals surface area contributed by atoms with Crippen molar-refractivity contribution in [1.29, 1.82) is 0 Å². The van der Waals surface area contributed by atoms with Gasteiger partial charge in [-0.05, 0) is 49.1 Å². The van der Waals surface area contributed by atoms with Crippen molar-refractivity contribution in [2.75, 3.05) is 6.54 Å². The summed E-state index contributed by atoms with van der Waals surface area (Å²) in [5.74, 6) is -0.0326. The lowest BCUT2D eigenvalue weighted by atomic mass is 9.76. The van der Waals surface area contributed by atoms with Crippen molar-refractivity contribution >= 4 is 17.4 Å². The Morgan fingerprint density at radius 2 is 2.11 bits per heavy atom. The maximum Gasteiger partial charge on any atom is 0.140 e. The minimum absolute atomic E-state index is 0.0165. The van der Waals surface area contributed by atoms with Gasteiger partial charge in [0.25, 0.3) is 0 Å². The molecule has 1 saturated carbocycles. The molecule has 2 atom stereocenters. The van der Waals surface area contributed by atoms with Crippen molar-refractivity contribution in [1.82, 2.24) is 0 Å². The Kier molecular flexibility index (Phi) is 4.94. The molecular weight excluding hydrogens is 265 g/mol. The van der Waals surface area contributed by atoms with Gasteiger partial charge in [0.15, 0.2) is 0 Å². The number of hydrogen-bond donors (Lipinski definition) is 1. The first-order valence-electron chi connectivity index (χ1n) is 6.78. The Labute approximate surface area is 118 Å². The standard InChI is InChI=1S/C15H19ClFNO/c16-12-5-6-14(17)11(7-12)8-15(19)13-4-2-1-3-10(13)9-18/h5-7,10,13H,1-4,8-9,18H2. The molecule has 2 N–H and O–H groups in total. The van der Waals surface area contributed by atoms with E-state index in [1.165, 1.54) is 18.2 Å². The molecule has 4 heteroatoms. The number of benzene rings is 1. The summed E-state index contributed by atoms with van der Waals surface area (Å²) < 4.78 is 13.6. The van der Waals surface area contributed by atoms with E-state index in [2.05, 4.69) is 0 Å². The largest absolute Gasteiger partial charge is 0.330 e. The van der Waals surface area contributed by atoms with Crippen molar-refractivity contribution in [3.05, 3.63) is 34.6 Å². The van der Waals surface area contributed by atoms with Gasteiger partial charge in [-0.1, -0.05) is 24.4 Å². The molecule has 104 valence electrons. The number of halogens is 2. The van der Waals surface area contributed by atoms with Crippen molar-refractivity contribution < 1.29 is 9.18 Å². The number of carbonyl (C=O) groups is 1. The Balaban J connectivity index is 2.09. The molecule has 0 aromatic heterocycles. The Morgan fingerprint density at radius 1 is 1.37 bits per heavy atom. The first-order valence-corrected chi connectivity index (χ1v) is 7.16. The zero-order valence-corrected chi connectivity index (χ0v) is 11.6. The molecule has 2 rings (SSSR count). The van der Waals surface area contributed by atoms with E-state index in [0.717, 1.165) is 25.7 Å². The summed E-state index contributed by atoms with van der Waals surface area (Å²) in [6.07, 6.45) is 4.20. The molecule has 0 saturated heterocycles. The van der Waals surface area contributed by atoms with Gasteiger partial charge in [-0.2, -0.15) is 0 Å². The molecule has 2 unspecified atom stereocenters. The molecule has 0 bridgehead atoms.